The van der Waals surface area contributed by atoms with Crippen LogP contribution in [0.1, 0.15) is 25.7 Å². The van der Waals surface area contributed by atoms with Crippen LogP contribution in [0.4, 0.5) is 17.5 Å². The van der Waals surface area contributed by atoms with Crippen LogP contribution in [-0.4, -0.2) is 21.4 Å². The zero-order valence-electron chi connectivity index (χ0n) is 11.1. The van der Waals surface area contributed by atoms with Gasteiger partial charge in [-0.2, -0.15) is 4.98 Å². The molecule has 8 heteroatoms. The Balaban J connectivity index is 1.71. The van der Waals surface area contributed by atoms with Gasteiger partial charge in [-0.15, -0.1) is 0 Å². The van der Waals surface area contributed by atoms with Gasteiger partial charge >= 0.3 is 5.69 Å². The molecule has 0 spiro atoms. The summed E-state index contributed by atoms with van der Waals surface area (Å²) in [7, 11) is 0. The molecule has 0 radical (unpaired) electrons. The van der Waals surface area contributed by atoms with Crippen LogP contribution < -0.4 is 16.6 Å². The molecule has 3 rings (SSSR count). The number of aromatic nitrogens is 2. The highest BCUT2D eigenvalue weighted by Gasteiger charge is 2.39. The third-order valence-electron chi connectivity index (χ3n) is 4.51. The van der Waals surface area contributed by atoms with Crippen molar-refractivity contribution in [1.82, 2.24) is 9.97 Å². The van der Waals surface area contributed by atoms with Crippen LogP contribution in [0.25, 0.3) is 0 Å². The molecule has 3 unspecified atom stereocenters. The largest absolute Gasteiger partial charge is 0.364 e. The summed E-state index contributed by atoms with van der Waals surface area (Å²) in [5, 5.41) is 14.1. The van der Waals surface area contributed by atoms with Gasteiger partial charge in [0, 0.05) is 6.54 Å². The number of nitrogens with two attached hydrogens (primary N) is 1. The number of nitrogens with zero attached hydrogens (tertiary/aromatic N) is 3. The first-order valence-electron chi connectivity index (χ1n) is 6.89. The Morgan fingerprint density at radius 3 is 2.90 bits per heavy atom. The lowest BCUT2D eigenvalue weighted by Gasteiger charge is -2.22. The van der Waals surface area contributed by atoms with Crippen LogP contribution >= 0.6 is 0 Å². The Kier molecular flexibility index (Phi) is 3.39. The minimum atomic E-state index is -0.483. The molecule has 0 aliphatic heterocycles. The average Bonchev–Trinajstić information content (AvgIpc) is 3.07. The molecule has 2 aliphatic rings. The molecule has 1 heterocycles. The van der Waals surface area contributed by atoms with E-state index in [4.69, 9.17) is 5.84 Å². The molecule has 108 valence electrons. The second kappa shape index (κ2) is 5.20. The van der Waals surface area contributed by atoms with Crippen LogP contribution in [0.15, 0.2) is 6.20 Å². The van der Waals surface area contributed by atoms with Crippen LogP contribution in [0.5, 0.6) is 0 Å². The highest BCUT2D eigenvalue weighted by atomic mass is 16.6. The van der Waals surface area contributed by atoms with Crippen molar-refractivity contribution in [2.45, 2.75) is 25.7 Å². The van der Waals surface area contributed by atoms with Crippen molar-refractivity contribution < 1.29 is 4.92 Å². The van der Waals surface area contributed by atoms with E-state index in [2.05, 4.69) is 20.7 Å². The van der Waals surface area contributed by atoms with Gasteiger partial charge in [-0.05, 0) is 37.0 Å². The van der Waals surface area contributed by atoms with Crippen molar-refractivity contribution in [2.75, 3.05) is 17.3 Å². The number of nitrogen functional groups attached to an aromatic ring is 1. The lowest BCUT2D eigenvalue weighted by Crippen LogP contribution is -2.21. The van der Waals surface area contributed by atoms with E-state index < -0.39 is 4.92 Å². The standard InChI is InChI=1S/C12H18N6O2/c13-17-12-15-6-10(18(19)20)11(16-12)14-5-9-4-7-1-2-8(9)3-7/h6-9H,1-5,13H2,(H2,14,15,16,17). The summed E-state index contributed by atoms with van der Waals surface area (Å²) in [6.07, 6.45) is 6.34. The molecular weight excluding hydrogens is 260 g/mol. The van der Waals surface area contributed by atoms with Crippen molar-refractivity contribution in [2.24, 2.45) is 23.6 Å². The summed E-state index contributed by atoms with van der Waals surface area (Å²) in [5.41, 5.74) is 2.19. The first-order chi connectivity index (χ1) is 9.67. The van der Waals surface area contributed by atoms with E-state index in [1.807, 2.05) is 0 Å². The van der Waals surface area contributed by atoms with Gasteiger partial charge < -0.3 is 5.32 Å². The van der Waals surface area contributed by atoms with Crippen molar-refractivity contribution >= 4 is 17.5 Å². The molecule has 8 nitrogen and oxygen atoms in total. The number of hydrogen-bond donors (Lipinski definition) is 3. The normalized spacial score (nSPS) is 27.6. The maximum absolute atomic E-state index is 11.0. The van der Waals surface area contributed by atoms with Crippen molar-refractivity contribution in [1.29, 1.82) is 0 Å². The van der Waals surface area contributed by atoms with E-state index in [1.54, 1.807) is 0 Å². The Hall–Kier alpha value is -1.96. The third-order valence-corrected chi connectivity index (χ3v) is 4.51. The van der Waals surface area contributed by atoms with Gasteiger partial charge in [0.1, 0.15) is 6.20 Å². The SMILES string of the molecule is NNc1ncc([N+](=O)[O-])c(NCC2CC3CCC2C3)n1. The summed E-state index contributed by atoms with van der Waals surface area (Å²) < 4.78 is 0. The molecule has 0 amide bonds. The Morgan fingerprint density at radius 1 is 1.45 bits per heavy atom. The van der Waals surface area contributed by atoms with E-state index in [0.29, 0.717) is 5.92 Å². The summed E-state index contributed by atoms with van der Waals surface area (Å²) in [5.74, 6) is 7.86. The minimum absolute atomic E-state index is 0.118. The Bertz CT molecular complexity index is 523. The van der Waals surface area contributed by atoms with Crippen LogP contribution in [0, 0.1) is 27.9 Å². The second-order valence-corrected chi connectivity index (χ2v) is 5.64. The quantitative estimate of drug-likeness (QED) is 0.424. The summed E-state index contributed by atoms with van der Waals surface area (Å²) in [4.78, 5) is 18.3. The van der Waals surface area contributed by atoms with Gasteiger partial charge in [0.25, 0.3) is 0 Å². The van der Waals surface area contributed by atoms with Crippen LogP contribution in [-0.2, 0) is 0 Å². The highest BCUT2D eigenvalue weighted by molar-refractivity contribution is 5.56. The van der Waals surface area contributed by atoms with E-state index in [0.717, 1.165) is 18.4 Å². The predicted molar refractivity (Wildman–Crippen MR) is 73.9 cm³/mol. The van der Waals surface area contributed by atoms with Crippen molar-refractivity contribution in [3.05, 3.63) is 16.3 Å². The van der Waals surface area contributed by atoms with Crippen molar-refractivity contribution in [3.8, 4) is 0 Å². The summed E-state index contributed by atoms with van der Waals surface area (Å²) in [6, 6.07) is 0. The smallest absolute Gasteiger partial charge is 0.329 e. The lowest BCUT2D eigenvalue weighted by molar-refractivity contribution is -0.384. The zero-order chi connectivity index (χ0) is 14.1. The molecule has 0 aromatic carbocycles. The number of anilines is 2. The van der Waals surface area contributed by atoms with E-state index >= 15 is 0 Å². The molecule has 20 heavy (non-hydrogen) atoms. The molecule has 1 aromatic rings. The molecule has 0 saturated heterocycles. The monoisotopic (exact) mass is 278 g/mol. The van der Waals surface area contributed by atoms with E-state index in [1.165, 1.54) is 31.9 Å². The fourth-order valence-corrected chi connectivity index (χ4v) is 3.56. The van der Waals surface area contributed by atoms with Crippen LogP contribution in [0.2, 0.25) is 0 Å². The first-order valence-corrected chi connectivity index (χ1v) is 6.89. The zero-order valence-corrected chi connectivity index (χ0v) is 11.1. The fourth-order valence-electron chi connectivity index (χ4n) is 3.56. The van der Waals surface area contributed by atoms with Gasteiger partial charge in [0.05, 0.1) is 4.92 Å². The van der Waals surface area contributed by atoms with Crippen LogP contribution in [0.3, 0.4) is 0 Å². The molecule has 2 aliphatic carbocycles. The first kappa shape index (κ1) is 13.0. The number of nitro groups is 1. The summed E-state index contributed by atoms with van der Waals surface area (Å²) >= 11 is 0. The second-order valence-electron chi connectivity index (χ2n) is 5.64. The number of rotatable bonds is 5. The Morgan fingerprint density at radius 2 is 2.30 bits per heavy atom. The van der Waals surface area contributed by atoms with Crippen molar-refractivity contribution in [3.63, 3.8) is 0 Å². The molecule has 2 fully saturated rings. The molecular formula is C12H18N6O2. The van der Waals surface area contributed by atoms with Gasteiger partial charge in [-0.25, -0.2) is 10.8 Å². The lowest BCUT2D eigenvalue weighted by atomic mass is 9.89. The maximum Gasteiger partial charge on any atom is 0.329 e. The fraction of sp³-hybridized carbons (Fsp3) is 0.667. The number of fused-ring (bicyclic) bond motifs is 2. The minimum Gasteiger partial charge on any atom is -0.364 e. The average molecular weight is 278 g/mol. The Labute approximate surface area is 116 Å². The third kappa shape index (κ3) is 2.38. The maximum atomic E-state index is 11.0. The molecule has 1 aromatic heterocycles. The number of nitrogens with one attached hydrogen (secondary N) is 2. The summed E-state index contributed by atoms with van der Waals surface area (Å²) in [6.45, 7) is 0.725. The van der Waals surface area contributed by atoms with Gasteiger partial charge in [-0.1, -0.05) is 6.42 Å². The molecule has 3 atom stereocenters. The van der Waals surface area contributed by atoms with Gasteiger partial charge in [0.15, 0.2) is 0 Å². The molecule has 2 bridgehead atoms. The molecule has 2 saturated carbocycles. The number of hydrogen-bond acceptors (Lipinski definition) is 7. The van der Waals surface area contributed by atoms with Gasteiger partial charge in [0.2, 0.25) is 11.8 Å². The van der Waals surface area contributed by atoms with E-state index in [-0.39, 0.29) is 17.5 Å². The van der Waals surface area contributed by atoms with Gasteiger partial charge in [-0.3, -0.25) is 15.5 Å². The topological polar surface area (TPSA) is 119 Å². The molecule has 4 N–H and O–H groups in total. The number of hydrazine groups is 1. The highest BCUT2D eigenvalue weighted by Crippen LogP contribution is 2.48. The predicted octanol–water partition coefficient (Wildman–Crippen LogP) is 1.52. The van der Waals surface area contributed by atoms with E-state index in [9.17, 15) is 10.1 Å².